The van der Waals surface area contributed by atoms with Crippen LogP contribution in [0.4, 0.5) is 13.2 Å². The minimum atomic E-state index is -4.11. The molecule has 1 N–H and O–H groups in total. The molecule has 16 heavy (non-hydrogen) atoms. The Morgan fingerprint density at radius 1 is 1.31 bits per heavy atom. The maximum atomic E-state index is 11.9. The summed E-state index contributed by atoms with van der Waals surface area (Å²) in [7, 11) is 0. The van der Waals surface area contributed by atoms with E-state index in [0.29, 0.717) is 11.6 Å². The monoisotopic (exact) mass is 315 g/mol. The third-order valence-electron chi connectivity index (χ3n) is 1.91. The number of rotatable bonds is 4. The predicted molar refractivity (Wildman–Crippen MR) is 61.5 cm³/mol. The van der Waals surface area contributed by atoms with E-state index in [1.807, 2.05) is 0 Å². The lowest BCUT2D eigenvalue weighted by atomic mass is 10.2. The average molecular weight is 317 g/mol. The molecule has 0 radical (unpaired) electrons. The third-order valence-corrected chi connectivity index (χ3v) is 2.92. The molecule has 0 saturated carbocycles. The van der Waals surface area contributed by atoms with Crippen molar-refractivity contribution in [3.8, 4) is 0 Å². The number of hydrogen-bond acceptors (Lipinski definition) is 1. The second-order valence-electron chi connectivity index (χ2n) is 3.28. The molecule has 0 bridgehead atoms. The largest absolute Gasteiger partial charge is 0.390 e. The van der Waals surface area contributed by atoms with Crippen LogP contribution in [0.5, 0.6) is 0 Å². The summed E-state index contributed by atoms with van der Waals surface area (Å²) in [5, 5.41) is 3.28. The van der Waals surface area contributed by atoms with Crippen molar-refractivity contribution in [3.05, 3.63) is 33.3 Å². The van der Waals surface area contributed by atoms with Crippen LogP contribution in [0.2, 0.25) is 5.02 Å². The average Bonchev–Trinajstić information content (AvgIpc) is 2.16. The van der Waals surface area contributed by atoms with Gasteiger partial charge < -0.3 is 5.32 Å². The Hall–Kier alpha value is -0.260. The Balaban J connectivity index is 2.40. The van der Waals surface area contributed by atoms with Gasteiger partial charge in [0.1, 0.15) is 0 Å². The maximum absolute atomic E-state index is 11.9. The van der Waals surface area contributed by atoms with Crippen LogP contribution in [0.1, 0.15) is 12.0 Å². The maximum Gasteiger partial charge on any atom is 0.390 e. The third kappa shape index (κ3) is 5.18. The molecule has 1 rings (SSSR count). The van der Waals surface area contributed by atoms with Crippen LogP contribution in [0.15, 0.2) is 22.7 Å². The van der Waals surface area contributed by atoms with E-state index < -0.39 is 12.6 Å². The Labute approximate surface area is 105 Å². The molecule has 0 unspecified atom stereocenters. The van der Waals surface area contributed by atoms with Gasteiger partial charge in [0, 0.05) is 22.6 Å². The highest BCUT2D eigenvalue weighted by molar-refractivity contribution is 9.10. The summed E-state index contributed by atoms with van der Waals surface area (Å²) in [6.45, 7) is 0.264. The predicted octanol–water partition coefficient (Wildman–Crippen LogP) is 4.14. The molecule has 0 spiro atoms. The van der Waals surface area contributed by atoms with Gasteiger partial charge >= 0.3 is 6.18 Å². The molecule has 0 aliphatic heterocycles. The summed E-state index contributed by atoms with van der Waals surface area (Å²) in [5.74, 6) is 0. The van der Waals surface area contributed by atoms with E-state index in [9.17, 15) is 13.2 Å². The first-order chi connectivity index (χ1) is 7.38. The quantitative estimate of drug-likeness (QED) is 0.823. The molecule has 0 aromatic heterocycles. The fourth-order valence-corrected chi connectivity index (χ4v) is 1.71. The van der Waals surface area contributed by atoms with Crippen LogP contribution in [0, 0.1) is 0 Å². The van der Waals surface area contributed by atoms with E-state index in [2.05, 4.69) is 21.2 Å². The molecule has 6 heteroatoms. The van der Waals surface area contributed by atoms with E-state index in [1.54, 1.807) is 18.2 Å². The first-order valence-electron chi connectivity index (χ1n) is 4.60. The zero-order valence-electron chi connectivity index (χ0n) is 8.24. The van der Waals surface area contributed by atoms with E-state index in [1.165, 1.54) is 0 Å². The van der Waals surface area contributed by atoms with Gasteiger partial charge in [0.15, 0.2) is 0 Å². The molecular weight excluding hydrogens is 306 g/mol. The topological polar surface area (TPSA) is 12.0 Å². The van der Waals surface area contributed by atoms with Crippen molar-refractivity contribution in [1.82, 2.24) is 5.32 Å². The standard InChI is InChI=1S/C10H10BrClF3N/c11-9-2-1-8(12)5-7(9)6-16-4-3-10(13,14)15/h1-2,5,16H,3-4,6H2. The normalized spacial score (nSPS) is 11.8. The van der Waals surface area contributed by atoms with Gasteiger partial charge in [0.05, 0.1) is 6.42 Å². The van der Waals surface area contributed by atoms with Crippen LogP contribution in [-0.2, 0) is 6.54 Å². The molecule has 1 aromatic rings. The summed E-state index contributed by atoms with van der Waals surface area (Å²) >= 11 is 9.07. The summed E-state index contributed by atoms with van der Waals surface area (Å²) in [6.07, 6.45) is -4.94. The Kier molecular flexibility index (Phi) is 5.08. The van der Waals surface area contributed by atoms with Crippen molar-refractivity contribution < 1.29 is 13.2 Å². The first-order valence-corrected chi connectivity index (χ1v) is 5.77. The number of nitrogens with one attached hydrogen (secondary N) is 1. The van der Waals surface area contributed by atoms with Crippen molar-refractivity contribution in [1.29, 1.82) is 0 Å². The zero-order valence-corrected chi connectivity index (χ0v) is 10.6. The fourth-order valence-electron chi connectivity index (χ4n) is 1.13. The molecule has 0 atom stereocenters. The van der Waals surface area contributed by atoms with E-state index in [0.717, 1.165) is 10.0 Å². The molecule has 1 nitrogen and oxygen atoms in total. The molecule has 0 heterocycles. The second kappa shape index (κ2) is 5.89. The van der Waals surface area contributed by atoms with E-state index >= 15 is 0 Å². The number of alkyl halides is 3. The first kappa shape index (κ1) is 13.8. The van der Waals surface area contributed by atoms with Crippen molar-refractivity contribution >= 4 is 27.5 Å². The van der Waals surface area contributed by atoms with Crippen molar-refractivity contribution in [2.75, 3.05) is 6.54 Å². The van der Waals surface area contributed by atoms with Gasteiger partial charge in [-0.25, -0.2) is 0 Å². The zero-order chi connectivity index (χ0) is 12.2. The van der Waals surface area contributed by atoms with Crippen molar-refractivity contribution in [3.63, 3.8) is 0 Å². The Morgan fingerprint density at radius 3 is 2.62 bits per heavy atom. The molecule has 0 aliphatic carbocycles. The minimum Gasteiger partial charge on any atom is -0.312 e. The Morgan fingerprint density at radius 2 is 2.00 bits per heavy atom. The van der Waals surface area contributed by atoms with Crippen LogP contribution < -0.4 is 5.32 Å². The van der Waals surface area contributed by atoms with Crippen LogP contribution >= 0.6 is 27.5 Å². The SMILES string of the molecule is FC(F)(F)CCNCc1cc(Cl)ccc1Br. The Bertz CT molecular complexity index is 354. The molecule has 0 fully saturated rings. The molecular formula is C10H10BrClF3N. The van der Waals surface area contributed by atoms with Crippen LogP contribution in [-0.4, -0.2) is 12.7 Å². The smallest absolute Gasteiger partial charge is 0.312 e. The summed E-state index contributed by atoms with van der Waals surface area (Å²) in [5.41, 5.74) is 0.842. The van der Waals surface area contributed by atoms with Gasteiger partial charge in [-0.2, -0.15) is 13.2 Å². The van der Waals surface area contributed by atoms with Crippen molar-refractivity contribution in [2.45, 2.75) is 19.1 Å². The van der Waals surface area contributed by atoms with Gasteiger partial charge in [0.25, 0.3) is 0 Å². The highest BCUT2D eigenvalue weighted by Gasteiger charge is 2.25. The summed E-state index contributed by atoms with van der Waals surface area (Å²) in [4.78, 5) is 0. The lowest BCUT2D eigenvalue weighted by Gasteiger charge is -2.09. The lowest BCUT2D eigenvalue weighted by molar-refractivity contribution is -0.133. The van der Waals surface area contributed by atoms with Crippen LogP contribution in [0.25, 0.3) is 0 Å². The van der Waals surface area contributed by atoms with E-state index in [-0.39, 0.29) is 6.54 Å². The highest BCUT2D eigenvalue weighted by atomic mass is 79.9. The molecule has 0 saturated heterocycles. The lowest BCUT2D eigenvalue weighted by Crippen LogP contribution is -2.21. The minimum absolute atomic E-state index is 0.0948. The van der Waals surface area contributed by atoms with Gasteiger partial charge in [-0.05, 0) is 23.8 Å². The fraction of sp³-hybridized carbons (Fsp3) is 0.400. The molecule has 0 amide bonds. The second-order valence-corrected chi connectivity index (χ2v) is 4.57. The number of halogens is 5. The molecule has 90 valence electrons. The number of hydrogen-bond donors (Lipinski definition) is 1. The number of benzene rings is 1. The summed E-state index contributed by atoms with van der Waals surface area (Å²) in [6, 6.07) is 5.19. The van der Waals surface area contributed by atoms with Crippen molar-refractivity contribution in [2.24, 2.45) is 0 Å². The highest BCUT2D eigenvalue weighted by Crippen LogP contribution is 2.21. The van der Waals surface area contributed by atoms with Gasteiger partial charge in [-0.3, -0.25) is 0 Å². The molecule has 0 aliphatic rings. The molecule has 1 aromatic carbocycles. The van der Waals surface area contributed by atoms with Gasteiger partial charge in [-0.1, -0.05) is 27.5 Å². The van der Waals surface area contributed by atoms with Crippen LogP contribution in [0.3, 0.4) is 0 Å². The van der Waals surface area contributed by atoms with Gasteiger partial charge in [-0.15, -0.1) is 0 Å². The van der Waals surface area contributed by atoms with E-state index in [4.69, 9.17) is 11.6 Å². The summed E-state index contributed by atoms with van der Waals surface area (Å²) < 4.78 is 36.4. The van der Waals surface area contributed by atoms with Gasteiger partial charge in [0.2, 0.25) is 0 Å².